The molecule has 0 fully saturated rings. The van der Waals surface area contributed by atoms with Crippen molar-refractivity contribution in [1.82, 2.24) is 0 Å². The minimum absolute atomic E-state index is 0.161. The number of carbonyl (C=O) groups excluding carboxylic acids is 1. The van der Waals surface area contributed by atoms with Gasteiger partial charge in [0.05, 0.1) is 0 Å². The SMILES string of the molecule is CSCCCC(=O)Nc1ccc(O)c(C(=O)O)c1. The van der Waals surface area contributed by atoms with Crippen molar-refractivity contribution in [2.75, 3.05) is 17.3 Å². The van der Waals surface area contributed by atoms with Crippen LogP contribution >= 0.6 is 11.8 Å². The lowest BCUT2D eigenvalue weighted by Gasteiger charge is -2.07. The van der Waals surface area contributed by atoms with Gasteiger partial charge in [-0.25, -0.2) is 4.79 Å². The number of amides is 1. The molecule has 0 aliphatic rings. The van der Waals surface area contributed by atoms with Gasteiger partial charge < -0.3 is 15.5 Å². The average molecular weight is 269 g/mol. The highest BCUT2D eigenvalue weighted by Gasteiger charge is 2.11. The van der Waals surface area contributed by atoms with Gasteiger partial charge in [0.2, 0.25) is 5.91 Å². The van der Waals surface area contributed by atoms with E-state index in [1.807, 2.05) is 6.26 Å². The van der Waals surface area contributed by atoms with Crippen LogP contribution in [0.3, 0.4) is 0 Å². The van der Waals surface area contributed by atoms with Crippen molar-refractivity contribution < 1.29 is 19.8 Å². The Morgan fingerprint density at radius 3 is 2.72 bits per heavy atom. The number of carbonyl (C=O) groups is 2. The van der Waals surface area contributed by atoms with E-state index in [2.05, 4.69) is 5.32 Å². The summed E-state index contributed by atoms with van der Waals surface area (Å²) in [6, 6.07) is 3.96. The molecule has 1 aromatic rings. The first-order valence-corrected chi connectivity index (χ1v) is 6.79. The van der Waals surface area contributed by atoms with Gasteiger partial charge in [0.15, 0.2) is 0 Å². The van der Waals surface area contributed by atoms with Crippen LogP contribution in [0.15, 0.2) is 18.2 Å². The lowest BCUT2D eigenvalue weighted by Crippen LogP contribution is -2.12. The fraction of sp³-hybridized carbons (Fsp3) is 0.333. The maximum Gasteiger partial charge on any atom is 0.339 e. The van der Waals surface area contributed by atoms with Crippen LogP contribution < -0.4 is 5.32 Å². The highest BCUT2D eigenvalue weighted by atomic mass is 32.2. The number of hydrogen-bond acceptors (Lipinski definition) is 4. The van der Waals surface area contributed by atoms with Crippen molar-refractivity contribution in [3.8, 4) is 5.75 Å². The maximum absolute atomic E-state index is 11.5. The third-order valence-corrected chi connectivity index (χ3v) is 2.96. The Kier molecular flexibility index (Phi) is 5.51. The number of carboxylic acids is 1. The zero-order valence-corrected chi connectivity index (χ0v) is 10.8. The van der Waals surface area contributed by atoms with Crippen molar-refractivity contribution in [3.63, 3.8) is 0 Å². The summed E-state index contributed by atoms with van der Waals surface area (Å²) in [7, 11) is 0. The molecule has 1 aromatic carbocycles. The second kappa shape index (κ2) is 6.90. The molecule has 3 N–H and O–H groups in total. The fourth-order valence-corrected chi connectivity index (χ4v) is 1.82. The van der Waals surface area contributed by atoms with Crippen LogP contribution in [0.5, 0.6) is 5.75 Å². The molecular weight excluding hydrogens is 254 g/mol. The summed E-state index contributed by atoms with van der Waals surface area (Å²) in [5.41, 5.74) is 0.149. The predicted octanol–water partition coefficient (Wildman–Crippen LogP) is 2.17. The van der Waals surface area contributed by atoms with Gasteiger partial charge in [-0.05, 0) is 36.6 Å². The molecule has 0 saturated carbocycles. The smallest absolute Gasteiger partial charge is 0.339 e. The summed E-state index contributed by atoms with van der Waals surface area (Å²) in [5, 5.41) is 20.7. The van der Waals surface area contributed by atoms with E-state index < -0.39 is 5.97 Å². The first kappa shape index (κ1) is 14.4. The van der Waals surface area contributed by atoms with E-state index in [9.17, 15) is 14.7 Å². The number of carboxylic acid groups (broad SMARTS) is 1. The zero-order chi connectivity index (χ0) is 13.5. The maximum atomic E-state index is 11.5. The van der Waals surface area contributed by atoms with E-state index in [4.69, 9.17) is 5.11 Å². The molecule has 0 unspecified atom stereocenters. The Morgan fingerprint density at radius 1 is 1.39 bits per heavy atom. The summed E-state index contributed by atoms with van der Waals surface area (Å²) in [5.74, 6) is -0.802. The van der Waals surface area contributed by atoms with E-state index in [0.29, 0.717) is 12.1 Å². The van der Waals surface area contributed by atoms with Gasteiger partial charge in [-0.3, -0.25) is 4.79 Å². The Bertz CT molecular complexity index is 448. The third kappa shape index (κ3) is 4.29. The van der Waals surface area contributed by atoms with Crippen molar-refractivity contribution in [2.24, 2.45) is 0 Å². The van der Waals surface area contributed by atoms with Gasteiger partial charge >= 0.3 is 5.97 Å². The number of rotatable bonds is 6. The Balaban J connectivity index is 2.65. The molecule has 18 heavy (non-hydrogen) atoms. The lowest BCUT2D eigenvalue weighted by atomic mass is 10.1. The first-order valence-electron chi connectivity index (χ1n) is 5.39. The molecule has 0 aromatic heterocycles. The molecular formula is C12H15NO4S. The second-order valence-corrected chi connectivity index (χ2v) is 4.67. The molecule has 0 aliphatic carbocycles. The quantitative estimate of drug-likeness (QED) is 0.544. The first-order chi connectivity index (χ1) is 8.54. The molecule has 0 spiro atoms. The summed E-state index contributed by atoms with van der Waals surface area (Å²) < 4.78 is 0. The van der Waals surface area contributed by atoms with Gasteiger partial charge in [-0.2, -0.15) is 11.8 Å². The monoisotopic (exact) mass is 269 g/mol. The average Bonchev–Trinajstić information content (AvgIpc) is 2.31. The summed E-state index contributed by atoms with van der Waals surface area (Å²) in [4.78, 5) is 22.3. The molecule has 0 saturated heterocycles. The van der Waals surface area contributed by atoms with E-state index in [0.717, 1.165) is 12.2 Å². The molecule has 98 valence electrons. The highest BCUT2D eigenvalue weighted by molar-refractivity contribution is 7.98. The Morgan fingerprint density at radius 2 is 2.11 bits per heavy atom. The number of aromatic hydroxyl groups is 1. The van der Waals surface area contributed by atoms with Crippen LogP contribution in [-0.2, 0) is 4.79 Å². The molecule has 0 atom stereocenters. The topological polar surface area (TPSA) is 86.6 Å². The van der Waals surface area contributed by atoms with Crippen LogP contribution in [-0.4, -0.2) is 34.1 Å². The van der Waals surface area contributed by atoms with Gasteiger partial charge in [0, 0.05) is 12.1 Å². The van der Waals surface area contributed by atoms with Crippen molar-refractivity contribution in [3.05, 3.63) is 23.8 Å². The summed E-state index contributed by atoms with van der Waals surface area (Å²) in [6.45, 7) is 0. The van der Waals surface area contributed by atoms with Gasteiger partial charge in [0.25, 0.3) is 0 Å². The van der Waals surface area contributed by atoms with E-state index in [-0.39, 0.29) is 17.2 Å². The second-order valence-electron chi connectivity index (χ2n) is 3.68. The number of thioether (sulfide) groups is 1. The normalized spacial score (nSPS) is 10.1. The number of aromatic carboxylic acids is 1. The van der Waals surface area contributed by atoms with Crippen LogP contribution in [0.1, 0.15) is 23.2 Å². The number of hydrogen-bond donors (Lipinski definition) is 3. The predicted molar refractivity (Wildman–Crippen MR) is 71.3 cm³/mol. The van der Waals surface area contributed by atoms with Crippen molar-refractivity contribution in [2.45, 2.75) is 12.8 Å². The third-order valence-electron chi connectivity index (χ3n) is 2.26. The number of phenols is 1. The minimum atomic E-state index is -1.23. The largest absolute Gasteiger partial charge is 0.507 e. The van der Waals surface area contributed by atoms with Crippen LogP contribution in [0, 0.1) is 0 Å². The van der Waals surface area contributed by atoms with Gasteiger partial charge in [0.1, 0.15) is 11.3 Å². The summed E-state index contributed by atoms with van der Waals surface area (Å²) >= 11 is 1.67. The van der Waals surface area contributed by atoms with E-state index >= 15 is 0 Å². The minimum Gasteiger partial charge on any atom is -0.507 e. The molecule has 5 nitrogen and oxygen atoms in total. The van der Waals surface area contributed by atoms with Crippen molar-refractivity contribution in [1.29, 1.82) is 0 Å². The number of anilines is 1. The Labute approximate surface area is 109 Å². The van der Waals surface area contributed by atoms with Crippen LogP contribution in [0.4, 0.5) is 5.69 Å². The number of nitrogens with one attached hydrogen (secondary N) is 1. The molecule has 0 radical (unpaired) electrons. The highest BCUT2D eigenvalue weighted by Crippen LogP contribution is 2.21. The number of benzene rings is 1. The van der Waals surface area contributed by atoms with Crippen LogP contribution in [0.2, 0.25) is 0 Å². The standard InChI is InChI=1S/C12H15NO4S/c1-18-6-2-3-11(15)13-8-4-5-10(14)9(7-8)12(16)17/h4-5,7,14H,2-3,6H2,1H3,(H,13,15)(H,16,17). The van der Waals surface area contributed by atoms with Gasteiger partial charge in [-0.15, -0.1) is 0 Å². The van der Waals surface area contributed by atoms with Crippen molar-refractivity contribution >= 4 is 29.3 Å². The zero-order valence-electron chi connectivity index (χ0n) is 9.97. The lowest BCUT2D eigenvalue weighted by molar-refractivity contribution is -0.116. The molecule has 1 amide bonds. The molecule has 0 aliphatic heterocycles. The fourth-order valence-electron chi connectivity index (χ4n) is 1.39. The van der Waals surface area contributed by atoms with E-state index in [1.54, 1.807) is 11.8 Å². The van der Waals surface area contributed by atoms with Gasteiger partial charge in [-0.1, -0.05) is 0 Å². The van der Waals surface area contributed by atoms with Crippen LogP contribution in [0.25, 0.3) is 0 Å². The Hall–Kier alpha value is -1.69. The molecule has 0 bridgehead atoms. The van der Waals surface area contributed by atoms with E-state index in [1.165, 1.54) is 18.2 Å². The molecule has 0 heterocycles. The summed E-state index contributed by atoms with van der Waals surface area (Å²) in [6.07, 6.45) is 3.14. The molecule has 6 heteroatoms. The molecule has 1 rings (SSSR count).